The summed E-state index contributed by atoms with van der Waals surface area (Å²) in [6.45, 7) is 2.04. The summed E-state index contributed by atoms with van der Waals surface area (Å²) in [5.41, 5.74) is 2.74. The van der Waals surface area contributed by atoms with Gasteiger partial charge in [-0.3, -0.25) is 0 Å². The molecule has 0 radical (unpaired) electrons. The van der Waals surface area contributed by atoms with Crippen LogP contribution in [0.4, 0.5) is 0 Å². The molecule has 0 spiro atoms. The summed E-state index contributed by atoms with van der Waals surface area (Å²) in [4.78, 5) is 0. The molecule has 1 heterocycles. The van der Waals surface area contributed by atoms with E-state index in [1.165, 1.54) is 17.1 Å². The Morgan fingerprint density at radius 3 is 3.00 bits per heavy atom. The number of methoxy groups -OCH3 is 1. The summed E-state index contributed by atoms with van der Waals surface area (Å²) < 4.78 is 10.2. The minimum absolute atomic E-state index is 0.284. The van der Waals surface area contributed by atoms with E-state index in [9.17, 15) is 0 Å². The molecule has 0 unspecified atom stereocenters. The quantitative estimate of drug-likeness (QED) is 0.791. The third-order valence-corrected chi connectivity index (χ3v) is 5.04. The highest BCUT2D eigenvalue weighted by molar-refractivity contribution is 8.00. The third kappa shape index (κ3) is 3.21. The first kappa shape index (κ1) is 14.2. The number of hydrogen-bond donors (Lipinski definition) is 0. The summed E-state index contributed by atoms with van der Waals surface area (Å²) in [5.74, 6) is 1.57. The first-order chi connectivity index (χ1) is 9.15. The van der Waals surface area contributed by atoms with E-state index < -0.39 is 0 Å². The number of hydrogen-bond acceptors (Lipinski definition) is 5. The van der Waals surface area contributed by atoms with Gasteiger partial charge in [0.25, 0.3) is 0 Å². The smallest absolute Gasteiger partial charge is 0.161 e. The number of aromatic nitrogens is 1. The highest BCUT2D eigenvalue weighted by Crippen LogP contribution is 2.35. The van der Waals surface area contributed by atoms with Gasteiger partial charge in [-0.15, -0.1) is 11.8 Å². The van der Waals surface area contributed by atoms with Crippen LogP contribution in [0.1, 0.15) is 16.7 Å². The Labute approximate surface area is 125 Å². The maximum absolute atomic E-state index is 9.02. The largest absolute Gasteiger partial charge is 0.496 e. The van der Waals surface area contributed by atoms with E-state index in [1.807, 2.05) is 19.1 Å². The molecule has 0 atom stereocenters. The van der Waals surface area contributed by atoms with Crippen molar-refractivity contribution in [2.75, 3.05) is 7.11 Å². The van der Waals surface area contributed by atoms with Crippen LogP contribution in [-0.2, 0) is 5.75 Å². The minimum atomic E-state index is 0.284. The summed E-state index contributed by atoms with van der Waals surface area (Å²) >= 11 is 8.66. The van der Waals surface area contributed by atoms with E-state index >= 15 is 0 Å². The number of halogens is 1. The number of aryl methyl sites for hydroxylation is 1. The van der Waals surface area contributed by atoms with E-state index in [0.29, 0.717) is 5.56 Å². The van der Waals surface area contributed by atoms with E-state index in [4.69, 9.17) is 21.6 Å². The van der Waals surface area contributed by atoms with Gasteiger partial charge in [-0.2, -0.15) is 9.64 Å². The Hall–Kier alpha value is -1.22. The normalized spacial score (nSPS) is 10.2. The molecular weight excluding hydrogens is 300 g/mol. The van der Waals surface area contributed by atoms with Crippen molar-refractivity contribution < 1.29 is 4.74 Å². The lowest BCUT2D eigenvalue weighted by molar-refractivity contribution is 0.411. The molecule has 0 N–H and O–H groups in total. The van der Waals surface area contributed by atoms with Crippen LogP contribution in [0.5, 0.6) is 5.75 Å². The van der Waals surface area contributed by atoms with Crippen molar-refractivity contribution in [3.05, 3.63) is 40.0 Å². The van der Waals surface area contributed by atoms with Crippen molar-refractivity contribution in [1.82, 2.24) is 4.37 Å². The Morgan fingerprint density at radius 1 is 1.53 bits per heavy atom. The van der Waals surface area contributed by atoms with Crippen LogP contribution in [0.2, 0.25) is 5.15 Å². The summed E-state index contributed by atoms with van der Waals surface area (Å²) in [7, 11) is 1.66. The van der Waals surface area contributed by atoms with Gasteiger partial charge in [0.05, 0.1) is 7.11 Å². The number of ether oxygens (including phenoxy) is 1. The zero-order valence-corrected chi connectivity index (χ0v) is 12.8. The van der Waals surface area contributed by atoms with Crippen molar-refractivity contribution in [3.63, 3.8) is 0 Å². The second-order valence-corrected chi connectivity index (χ2v) is 6.23. The Bertz CT molecular complexity index is 634. The SMILES string of the molecule is COc1ccc(C)cc1CSc1snc(Cl)c1C#N. The summed E-state index contributed by atoms with van der Waals surface area (Å²) in [6.07, 6.45) is 0. The van der Waals surface area contributed by atoms with Crippen LogP contribution < -0.4 is 4.74 Å². The molecule has 1 aromatic heterocycles. The van der Waals surface area contributed by atoms with Crippen LogP contribution in [0.3, 0.4) is 0 Å². The molecule has 6 heteroatoms. The van der Waals surface area contributed by atoms with Gasteiger partial charge in [0.15, 0.2) is 5.15 Å². The number of thioether (sulfide) groups is 1. The number of rotatable bonds is 4. The Kier molecular flexibility index (Phi) is 4.70. The fourth-order valence-electron chi connectivity index (χ4n) is 1.61. The monoisotopic (exact) mass is 310 g/mol. The molecule has 19 heavy (non-hydrogen) atoms. The van der Waals surface area contributed by atoms with Crippen LogP contribution >= 0.6 is 34.9 Å². The lowest BCUT2D eigenvalue weighted by Gasteiger charge is -2.08. The van der Waals surface area contributed by atoms with Crippen molar-refractivity contribution in [2.24, 2.45) is 0 Å². The molecule has 1 aromatic carbocycles. The average Bonchev–Trinajstić information content (AvgIpc) is 2.77. The predicted molar refractivity (Wildman–Crippen MR) is 79.1 cm³/mol. The molecule has 3 nitrogen and oxygen atoms in total. The van der Waals surface area contributed by atoms with Crippen molar-refractivity contribution in [2.45, 2.75) is 16.9 Å². The van der Waals surface area contributed by atoms with Crippen LogP contribution in [-0.4, -0.2) is 11.5 Å². The van der Waals surface area contributed by atoms with Crippen molar-refractivity contribution in [1.29, 1.82) is 5.26 Å². The van der Waals surface area contributed by atoms with Gasteiger partial charge >= 0.3 is 0 Å². The average molecular weight is 311 g/mol. The molecule has 0 aliphatic heterocycles. The second kappa shape index (κ2) is 6.29. The second-order valence-electron chi connectivity index (χ2n) is 3.85. The summed E-state index contributed by atoms with van der Waals surface area (Å²) in [6, 6.07) is 8.13. The van der Waals surface area contributed by atoms with Gasteiger partial charge < -0.3 is 4.74 Å². The zero-order valence-electron chi connectivity index (χ0n) is 10.4. The fraction of sp³-hybridized carbons (Fsp3) is 0.231. The lowest BCUT2D eigenvalue weighted by Crippen LogP contribution is -1.91. The van der Waals surface area contributed by atoms with E-state index in [1.54, 1.807) is 18.9 Å². The van der Waals surface area contributed by atoms with Gasteiger partial charge in [-0.05, 0) is 24.5 Å². The van der Waals surface area contributed by atoms with E-state index in [0.717, 1.165) is 21.3 Å². The highest BCUT2D eigenvalue weighted by Gasteiger charge is 2.13. The molecule has 0 aliphatic rings. The highest BCUT2D eigenvalue weighted by atomic mass is 35.5. The molecule has 0 saturated carbocycles. The first-order valence-corrected chi connectivity index (χ1v) is 7.61. The van der Waals surface area contributed by atoms with Crippen molar-refractivity contribution in [3.8, 4) is 11.8 Å². The van der Waals surface area contributed by atoms with Crippen LogP contribution in [0, 0.1) is 18.3 Å². The molecule has 0 aliphatic carbocycles. The topological polar surface area (TPSA) is 45.9 Å². The number of nitrogens with zero attached hydrogens (tertiary/aromatic N) is 2. The standard InChI is InChI=1S/C13H11ClN2OS2/c1-8-3-4-11(17-2)9(5-8)7-18-13-10(6-15)12(14)16-19-13/h3-5H,7H2,1-2H3. The molecule has 2 aromatic rings. The maximum atomic E-state index is 9.02. The molecule has 0 bridgehead atoms. The predicted octanol–water partition coefficient (Wildman–Crippen LogP) is 4.28. The summed E-state index contributed by atoms with van der Waals surface area (Å²) in [5, 5.41) is 9.31. The number of benzene rings is 1. The van der Waals surface area contributed by atoms with Crippen LogP contribution in [0.25, 0.3) is 0 Å². The Morgan fingerprint density at radius 2 is 2.32 bits per heavy atom. The zero-order chi connectivity index (χ0) is 13.8. The number of nitriles is 1. The van der Waals surface area contributed by atoms with E-state index in [2.05, 4.69) is 16.5 Å². The molecular formula is C13H11ClN2OS2. The van der Waals surface area contributed by atoms with Crippen molar-refractivity contribution >= 4 is 34.9 Å². The molecule has 0 saturated heterocycles. The lowest BCUT2D eigenvalue weighted by atomic mass is 10.1. The molecule has 98 valence electrons. The third-order valence-electron chi connectivity index (χ3n) is 2.53. The van der Waals surface area contributed by atoms with Crippen LogP contribution in [0.15, 0.2) is 22.4 Å². The fourth-order valence-corrected chi connectivity index (χ4v) is 3.75. The Balaban J connectivity index is 2.19. The van der Waals surface area contributed by atoms with Gasteiger partial charge in [0.2, 0.25) is 0 Å². The van der Waals surface area contributed by atoms with Gasteiger partial charge in [-0.1, -0.05) is 29.3 Å². The van der Waals surface area contributed by atoms with Gasteiger partial charge in [-0.25, -0.2) is 0 Å². The van der Waals surface area contributed by atoms with E-state index in [-0.39, 0.29) is 5.15 Å². The minimum Gasteiger partial charge on any atom is -0.496 e. The first-order valence-electron chi connectivity index (χ1n) is 5.47. The maximum Gasteiger partial charge on any atom is 0.161 e. The van der Waals surface area contributed by atoms with Gasteiger partial charge in [0.1, 0.15) is 21.6 Å². The molecule has 0 fully saturated rings. The molecule has 0 amide bonds. The van der Waals surface area contributed by atoms with Gasteiger partial charge in [0, 0.05) is 11.3 Å². The molecule has 2 rings (SSSR count).